The minimum atomic E-state index is -3.88. The van der Waals surface area contributed by atoms with Crippen LogP contribution in [0.3, 0.4) is 0 Å². The van der Waals surface area contributed by atoms with E-state index in [4.69, 9.17) is 10.7 Å². The molecule has 1 amide bonds. The van der Waals surface area contributed by atoms with Gasteiger partial charge in [0, 0.05) is 35.6 Å². The first-order valence-corrected chi connectivity index (χ1v) is 8.43. The van der Waals surface area contributed by atoms with E-state index in [2.05, 4.69) is 0 Å². The second kappa shape index (κ2) is 5.76. The first-order valence-electron chi connectivity index (χ1n) is 5.95. The number of halogens is 3. The Morgan fingerprint density at radius 1 is 1.41 bits per heavy atom. The summed E-state index contributed by atoms with van der Waals surface area (Å²) in [5.74, 6) is -4.63. The van der Waals surface area contributed by atoms with Crippen molar-refractivity contribution in [2.24, 2.45) is 5.92 Å². The predicted molar refractivity (Wildman–Crippen MR) is 73.1 cm³/mol. The molecule has 120 valence electrons. The van der Waals surface area contributed by atoms with Gasteiger partial charge in [-0.05, 0) is 6.07 Å². The van der Waals surface area contributed by atoms with E-state index in [0.29, 0.717) is 17.0 Å². The maximum Gasteiger partial charge on any atom is 0.307 e. The third-order valence-electron chi connectivity index (χ3n) is 3.15. The summed E-state index contributed by atoms with van der Waals surface area (Å²) in [6.07, 6.45) is -0.270. The van der Waals surface area contributed by atoms with Gasteiger partial charge in [-0.25, -0.2) is 12.8 Å². The van der Waals surface area contributed by atoms with Gasteiger partial charge in [0.05, 0.1) is 10.7 Å². The number of nitro benzene ring substituents is 1. The number of rotatable bonds is 4. The minimum absolute atomic E-state index is 0.270. The van der Waals surface area contributed by atoms with Crippen LogP contribution in [0, 0.1) is 27.7 Å². The Kier molecular flexibility index (Phi) is 4.34. The first kappa shape index (κ1) is 16.6. The number of benzene rings is 1. The Labute approximate surface area is 128 Å². The van der Waals surface area contributed by atoms with Crippen molar-refractivity contribution >= 4 is 37.0 Å². The van der Waals surface area contributed by atoms with Gasteiger partial charge >= 0.3 is 5.69 Å². The number of anilines is 1. The van der Waals surface area contributed by atoms with Gasteiger partial charge in [0.2, 0.25) is 20.8 Å². The van der Waals surface area contributed by atoms with Crippen LogP contribution in [0.1, 0.15) is 6.42 Å². The molecule has 0 bridgehead atoms. The molecule has 1 unspecified atom stereocenters. The highest BCUT2D eigenvalue weighted by Crippen LogP contribution is 2.34. The zero-order chi connectivity index (χ0) is 16.7. The number of hydrogen-bond donors (Lipinski definition) is 0. The van der Waals surface area contributed by atoms with Gasteiger partial charge in [-0.2, -0.15) is 4.39 Å². The van der Waals surface area contributed by atoms with Gasteiger partial charge in [0.15, 0.2) is 0 Å². The molecule has 2 rings (SSSR count). The monoisotopic (exact) mass is 354 g/mol. The molecule has 1 fully saturated rings. The van der Waals surface area contributed by atoms with Crippen LogP contribution in [0.25, 0.3) is 0 Å². The number of hydrogen-bond acceptors (Lipinski definition) is 5. The molecule has 7 nitrogen and oxygen atoms in total. The van der Waals surface area contributed by atoms with E-state index in [1.807, 2.05) is 0 Å². The average molecular weight is 355 g/mol. The van der Waals surface area contributed by atoms with Crippen LogP contribution in [0.15, 0.2) is 12.1 Å². The summed E-state index contributed by atoms with van der Waals surface area (Å²) in [4.78, 5) is 22.1. The van der Waals surface area contributed by atoms with Crippen LogP contribution >= 0.6 is 10.7 Å². The highest BCUT2D eigenvalue weighted by molar-refractivity contribution is 8.13. The standard InChI is InChI=1S/C11H9ClF2N2O5S/c12-22(20,21)5-6-3-9(17)15(4-6)11-7(13)1-2-8(10(11)14)16(18)19/h1-2,6H,3-5H2. The Bertz CT molecular complexity index is 755. The van der Waals surface area contributed by atoms with E-state index < -0.39 is 54.6 Å². The number of carbonyl (C=O) groups is 1. The summed E-state index contributed by atoms with van der Waals surface area (Å²) in [5.41, 5.74) is -1.83. The average Bonchev–Trinajstić information content (AvgIpc) is 2.67. The van der Waals surface area contributed by atoms with Gasteiger partial charge in [-0.15, -0.1) is 0 Å². The maximum absolute atomic E-state index is 14.1. The minimum Gasteiger partial charge on any atom is -0.307 e. The van der Waals surface area contributed by atoms with Crippen molar-refractivity contribution in [2.45, 2.75) is 6.42 Å². The first-order chi connectivity index (χ1) is 10.1. The Morgan fingerprint density at radius 3 is 2.59 bits per heavy atom. The topological polar surface area (TPSA) is 97.6 Å². The molecule has 0 spiro atoms. The van der Waals surface area contributed by atoms with Crippen LogP contribution < -0.4 is 4.90 Å². The molecule has 1 aromatic rings. The van der Waals surface area contributed by atoms with Crippen molar-refractivity contribution in [1.82, 2.24) is 0 Å². The summed E-state index contributed by atoms with van der Waals surface area (Å²) in [6.45, 7) is -0.292. The van der Waals surface area contributed by atoms with E-state index in [1.54, 1.807) is 0 Å². The number of amides is 1. The summed E-state index contributed by atoms with van der Waals surface area (Å²) >= 11 is 0. The molecule has 22 heavy (non-hydrogen) atoms. The fourth-order valence-corrected chi connectivity index (χ4v) is 3.63. The van der Waals surface area contributed by atoms with E-state index >= 15 is 0 Å². The number of nitrogens with zero attached hydrogens (tertiary/aromatic N) is 2. The van der Waals surface area contributed by atoms with Crippen LogP contribution in [0.5, 0.6) is 0 Å². The van der Waals surface area contributed by atoms with Crippen molar-refractivity contribution in [3.8, 4) is 0 Å². The van der Waals surface area contributed by atoms with Gasteiger partial charge in [-0.1, -0.05) is 0 Å². The lowest BCUT2D eigenvalue weighted by molar-refractivity contribution is -0.387. The zero-order valence-corrected chi connectivity index (χ0v) is 12.4. The van der Waals surface area contributed by atoms with Crippen molar-refractivity contribution in [3.05, 3.63) is 33.9 Å². The summed E-state index contributed by atoms with van der Waals surface area (Å²) in [7, 11) is 1.21. The summed E-state index contributed by atoms with van der Waals surface area (Å²) in [6, 6.07) is 1.32. The molecule has 0 aliphatic carbocycles. The van der Waals surface area contributed by atoms with E-state index in [9.17, 15) is 32.1 Å². The predicted octanol–water partition coefficient (Wildman–Crippen LogP) is 1.79. The molecule has 1 aliphatic heterocycles. The quantitative estimate of drug-likeness (QED) is 0.466. The van der Waals surface area contributed by atoms with E-state index in [-0.39, 0.29) is 13.0 Å². The van der Waals surface area contributed by atoms with Gasteiger partial charge in [0.1, 0.15) is 11.5 Å². The third-order valence-corrected chi connectivity index (χ3v) is 4.40. The van der Waals surface area contributed by atoms with Crippen LogP contribution in [0.2, 0.25) is 0 Å². The van der Waals surface area contributed by atoms with Crippen LogP contribution in [0.4, 0.5) is 20.2 Å². The fraction of sp³-hybridized carbons (Fsp3) is 0.364. The molecule has 1 atom stereocenters. The van der Waals surface area contributed by atoms with Gasteiger partial charge < -0.3 is 4.90 Å². The largest absolute Gasteiger partial charge is 0.307 e. The molecule has 0 radical (unpaired) electrons. The van der Waals surface area contributed by atoms with Crippen molar-refractivity contribution in [2.75, 3.05) is 17.2 Å². The van der Waals surface area contributed by atoms with Crippen LogP contribution in [-0.2, 0) is 13.8 Å². The Hall–Kier alpha value is -1.81. The Balaban J connectivity index is 2.38. The number of carbonyl (C=O) groups excluding carboxylic acids is 1. The lowest BCUT2D eigenvalue weighted by Crippen LogP contribution is -2.27. The molecule has 1 saturated heterocycles. The van der Waals surface area contributed by atoms with Crippen molar-refractivity contribution in [3.63, 3.8) is 0 Å². The summed E-state index contributed by atoms with van der Waals surface area (Å²) < 4.78 is 49.9. The zero-order valence-electron chi connectivity index (χ0n) is 10.8. The second-order valence-electron chi connectivity index (χ2n) is 4.77. The maximum atomic E-state index is 14.1. The second-order valence-corrected chi connectivity index (χ2v) is 7.59. The highest BCUT2D eigenvalue weighted by Gasteiger charge is 2.37. The molecule has 1 aliphatic rings. The lowest BCUT2D eigenvalue weighted by Gasteiger charge is -2.17. The molecule has 0 N–H and O–H groups in total. The smallest absolute Gasteiger partial charge is 0.307 e. The van der Waals surface area contributed by atoms with Crippen molar-refractivity contribution in [1.29, 1.82) is 0 Å². The summed E-state index contributed by atoms with van der Waals surface area (Å²) in [5, 5.41) is 10.7. The van der Waals surface area contributed by atoms with Gasteiger partial charge in [-0.3, -0.25) is 14.9 Å². The number of nitro groups is 1. The van der Waals surface area contributed by atoms with Crippen LogP contribution in [-0.4, -0.2) is 31.5 Å². The lowest BCUT2D eigenvalue weighted by atomic mass is 10.1. The third kappa shape index (κ3) is 3.33. The Morgan fingerprint density at radius 2 is 2.05 bits per heavy atom. The highest BCUT2D eigenvalue weighted by atomic mass is 35.7. The molecule has 1 heterocycles. The normalized spacial score (nSPS) is 18.8. The SMILES string of the molecule is O=C1CC(CS(=O)(=O)Cl)CN1c1c(F)ccc([N+](=O)[O-])c1F. The fourth-order valence-electron chi connectivity index (χ4n) is 2.31. The molecule has 0 aromatic heterocycles. The van der Waals surface area contributed by atoms with Gasteiger partial charge in [0.25, 0.3) is 0 Å². The van der Waals surface area contributed by atoms with E-state index in [1.165, 1.54) is 0 Å². The van der Waals surface area contributed by atoms with E-state index in [0.717, 1.165) is 0 Å². The molecular formula is C11H9ClF2N2O5S. The molecule has 1 aromatic carbocycles. The molecule has 0 saturated carbocycles. The molecular weight excluding hydrogens is 346 g/mol. The van der Waals surface area contributed by atoms with Crippen molar-refractivity contribution < 1.29 is 26.9 Å². The molecule has 11 heteroatoms.